The lowest BCUT2D eigenvalue weighted by molar-refractivity contribution is 0.590. The molecule has 0 amide bonds. The molecule has 0 N–H and O–H groups in total. The Bertz CT molecular complexity index is 7510. The number of para-hydroxylation sites is 2. The SMILES string of the molecule is [2H]c1cc([2H])c([2H])c(-c2cc(C(C)(C)C)cc(-c3c([2H])c([2H])c([2H])c([2H])c3[2H])c2N2c3cc(-c4ccc5oc6ccccc6c5c4)ccc3B3c4ccc(-c5ccc6oc7ccccc7c6c5)cc4N(c4c(-c5c([2H])c([2H])c([2H])c([2H])c5[2H])cc(C(C)(C)C)c([2H])c4-c4c([2H])c([2H])c([2H])c([2H])c4[2H])c4cc(C5c6ccccc6Cc6ccccc65)cc2c43)c1[2H]. The molecule has 4 heterocycles. The van der Waals surface area contributed by atoms with E-state index in [0.29, 0.717) is 90.0 Å². The van der Waals surface area contributed by atoms with E-state index in [0.717, 1.165) is 55.4 Å². The van der Waals surface area contributed by atoms with Gasteiger partial charge in [-0.1, -0.05) is 284 Å². The van der Waals surface area contributed by atoms with Crippen LogP contribution in [0.1, 0.15) is 114 Å². The lowest BCUT2D eigenvalue weighted by atomic mass is 9.33. The van der Waals surface area contributed by atoms with Crippen LogP contribution in [0.15, 0.2) is 336 Å². The molecule has 0 saturated heterocycles. The van der Waals surface area contributed by atoms with Crippen LogP contribution in [0.25, 0.3) is 111 Å². The molecule has 0 radical (unpaired) electrons. The molecule has 20 rings (SSSR count). The predicted octanol–water partition coefficient (Wildman–Crippen LogP) is 25.2. The van der Waals surface area contributed by atoms with Crippen LogP contribution < -0.4 is 26.2 Å². The van der Waals surface area contributed by atoms with E-state index in [1.54, 1.807) is 18.2 Å². The molecular weight excluding hydrogens is 1270 g/mol. The van der Waals surface area contributed by atoms with Crippen LogP contribution in [0.2, 0.25) is 0 Å². The van der Waals surface area contributed by atoms with Gasteiger partial charge in [-0.3, -0.25) is 0 Å². The summed E-state index contributed by atoms with van der Waals surface area (Å²) in [5, 5.41) is 3.30. The quantitative estimate of drug-likeness (QED) is 0.135. The maximum atomic E-state index is 11.2. The molecule has 0 bridgehead atoms. The highest BCUT2D eigenvalue weighted by Crippen LogP contribution is 2.57. The van der Waals surface area contributed by atoms with Gasteiger partial charge in [-0.15, -0.1) is 0 Å². The minimum atomic E-state index is -1.09. The maximum Gasteiger partial charge on any atom is 0.252 e. The summed E-state index contributed by atoms with van der Waals surface area (Å²) >= 11 is 0. The van der Waals surface area contributed by atoms with E-state index in [2.05, 4.69) is 36.4 Å². The van der Waals surface area contributed by atoms with E-state index in [9.17, 15) is 26.0 Å². The number of hydrogen-bond acceptors (Lipinski definition) is 4. The molecule has 5 heteroatoms. The van der Waals surface area contributed by atoms with E-state index in [1.807, 2.05) is 197 Å². The van der Waals surface area contributed by atoms with E-state index in [4.69, 9.17) is 10.2 Å². The molecule has 17 aromatic rings. The zero-order chi connectivity index (χ0) is 87.8. The molecule has 2 aromatic heterocycles. The van der Waals surface area contributed by atoms with Crippen LogP contribution in [0.5, 0.6) is 0 Å². The van der Waals surface area contributed by atoms with Crippen LogP contribution in [-0.4, -0.2) is 6.71 Å². The molecule has 0 fully saturated rings. The zero-order valence-electron chi connectivity index (χ0n) is 78.2. The standard InChI is InChI=1S/C100H75BN2O2/c1-99(2,3)73-58-79(62-27-11-7-12-28-62)97(80(59-73)63-29-13-8-14-30-63)102-87-54-68(66-45-49-93-83(52-66)77-39-23-25-41-91(77)104-93)43-47-85(87)101-86-48-44-69(67-46-50-94-84(53-67)78-40-24-26-42-92(78)105-94)55-88(86)103(98-81(64-31-15-9-16-32-64)60-74(100(4,5)6)61-82(98)65-33-17-10-18-34-65)90-57-72(56-89(102)96(90)101)95-75-37-21-19-35-70(75)51-71-36-20-22-38-76(71)95/h7-50,52-61,95H,51H2,1-6H3/i7D,8D,9D,11D,12D,13D,14D,15D,16D,17D,18D,27D,28D,29D,30D,31D,32D,33D,34D,58D. The van der Waals surface area contributed by atoms with Gasteiger partial charge in [-0.25, -0.2) is 0 Å². The largest absolute Gasteiger partial charge is 0.456 e. The number of hydrogen-bond donors (Lipinski definition) is 0. The Hall–Kier alpha value is -12.4. The van der Waals surface area contributed by atoms with Gasteiger partial charge in [0.1, 0.15) is 22.3 Å². The molecule has 0 atom stereocenters. The van der Waals surface area contributed by atoms with Crippen LogP contribution in [0, 0.1) is 0 Å². The molecule has 2 aliphatic heterocycles. The number of rotatable bonds is 9. The van der Waals surface area contributed by atoms with Gasteiger partial charge in [0, 0.05) is 72.5 Å². The molecule has 500 valence electrons. The minimum absolute atomic E-state index is 0.0300. The van der Waals surface area contributed by atoms with Gasteiger partial charge >= 0.3 is 0 Å². The van der Waals surface area contributed by atoms with Crippen molar-refractivity contribution in [2.75, 3.05) is 9.80 Å². The number of benzene rings is 15. The lowest BCUT2D eigenvalue weighted by Crippen LogP contribution is -2.61. The first-order chi connectivity index (χ1) is 59.6. The second-order valence-corrected chi connectivity index (χ2v) is 29.5. The number of furan rings is 2. The number of nitrogens with zero attached hydrogens (tertiary/aromatic N) is 2. The summed E-state index contributed by atoms with van der Waals surface area (Å²) in [6.45, 7) is 10.3. The Kier molecular flexibility index (Phi) is 10.3. The topological polar surface area (TPSA) is 32.8 Å². The monoisotopic (exact) mass is 1370 g/mol. The van der Waals surface area contributed by atoms with Gasteiger partial charge in [0.15, 0.2) is 0 Å². The average Bonchev–Trinajstić information content (AvgIpc) is 1.22. The van der Waals surface area contributed by atoms with Gasteiger partial charge in [0.25, 0.3) is 6.71 Å². The Labute approximate surface area is 642 Å². The summed E-state index contributed by atoms with van der Waals surface area (Å²) < 4.78 is 211. The van der Waals surface area contributed by atoms with Crippen LogP contribution in [0.3, 0.4) is 0 Å². The van der Waals surface area contributed by atoms with Crippen LogP contribution in [-0.2, 0) is 17.3 Å². The fourth-order valence-electron chi connectivity index (χ4n) is 16.4. The number of anilines is 6. The second-order valence-electron chi connectivity index (χ2n) is 29.5. The van der Waals surface area contributed by atoms with Crippen molar-refractivity contribution in [2.45, 2.75) is 64.7 Å². The van der Waals surface area contributed by atoms with Crippen molar-refractivity contribution >= 4 is 101 Å². The van der Waals surface area contributed by atoms with Gasteiger partial charge in [-0.05, 0) is 202 Å². The van der Waals surface area contributed by atoms with Gasteiger partial charge in [-0.2, -0.15) is 0 Å². The molecule has 105 heavy (non-hydrogen) atoms. The Morgan fingerprint density at radius 2 is 0.733 bits per heavy atom. The Morgan fingerprint density at radius 1 is 0.343 bits per heavy atom. The molecule has 0 unspecified atom stereocenters. The summed E-state index contributed by atoms with van der Waals surface area (Å²) in [5.74, 6) is -0.724. The Morgan fingerprint density at radius 3 is 1.21 bits per heavy atom. The van der Waals surface area contributed by atoms with Crippen molar-refractivity contribution in [2.24, 2.45) is 0 Å². The number of fused-ring (bicyclic) bond motifs is 12. The Balaban J connectivity index is 1.05. The third kappa shape index (κ3) is 10.3. The van der Waals surface area contributed by atoms with Crippen molar-refractivity contribution in [1.29, 1.82) is 0 Å². The van der Waals surface area contributed by atoms with E-state index < -0.39 is 144 Å². The molecule has 0 saturated carbocycles. The lowest BCUT2D eigenvalue weighted by Gasteiger charge is -2.46. The van der Waals surface area contributed by atoms with Gasteiger partial charge in [0.2, 0.25) is 0 Å². The molecular formula is C100H75BN2O2. The summed E-state index contributed by atoms with van der Waals surface area (Å²) in [6, 6.07) is 53.6. The highest BCUT2D eigenvalue weighted by atomic mass is 16.3. The third-order valence-electron chi connectivity index (χ3n) is 21.3. The van der Waals surface area contributed by atoms with Crippen molar-refractivity contribution in [3.63, 3.8) is 0 Å². The van der Waals surface area contributed by atoms with E-state index in [1.165, 1.54) is 0 Å². The van der Waals surface area contributed by atoms with Crippen molar-refractivity contribution in [3.05, 3.63) is 366 Å². The molecule has 1 aliphatic carbocycles. The average molecular weight is 1370 g/mol. The maximum absolute atomic E-state index is 11.2. The van der Waals surface area contributed by atoms with Crippen molar-refractivity contribution in [3.8, 4) is 66.8 Å². The molecule has 3 aliphatic rings. The first-order valence-electron chi connectivity index (χ1n) is 45.3. The van der Waals surface area contributed by atoms with E-state index in [-0.39, 0.29) is 67.6 Å². The van der Waals surface area contributed by atoms with Crippen molar-refractivity contribution in [1.82, 2.24) is 0 Å². The van der Waals surface area contributed by atoms with E-state index >= 15 is 0 Å². The first-order valence-corrected chi connectivity index (χ1v) is 35.3. The molecule has 4 nitrogen and oxygen atoms in total. The highest BCUT2D eigenvalue weighted by Gasteiger charge is 2.47. The smallest absolute Gasteiger partial charge is 0.252 e. The predicted molar refractivity (Wildman–Crippen MR) is 442 cm³/mol. The molecule has 15 aromatic carbocycles. The van der Waals surface area contributed by atoms with Crippen molar-refractivity contribution < 1.29 is 36.2 Å². The fraction of sp³-hybridized carbons (Fsp3) is 0.100. The highest BCUT2D eigenvalue weighted by molar-refractivity contribution is 7.00. The summed E-state index contributed by atoms with van der Waals surface area (Å²) in [4.78, 5) is 3.82. The zero-order valence-corrected chi connectivity index (χ0v) is 58.2. The normalized spacial score (nSPS) is 16.0. The third-order valence-corrected chi connectivity index (χ3v) is 21.3. The molecule has 0 spiro atoms. The first kappa shape index (κ1) is 44.8. The van der Waals surface area contributed by atoms with Crippen LogP contribution >= 0.6 is 0 Å². The minimum Gasteiger partial charge on any atom is -0.456 e. The summed E-state index contributed by atoms with van der Waals surface area (Å²) in [6.07, 6.45) is 0.520. The fourth-order valence-corrected chi connectivity index (χ4v) is 16.4. The van der Waals surface area contributed by atoms with Crippen LogP contribution in [0.4, 0.5) is 34.1 Å². The summed E-state index contributed by atoms with van der Waals surface area (Å²) in [5.41, 5.74) is 9.69. The van der Waals surface area contributed by atoms with Gasteiger partial charge in [0.05, 0.1) is 38.8 Å². The summed E-state index contributed by atoms with van der Waals surface area (Å²) in [7, 11) is 0. The second kappa shape index (κ2) is 24.1. The van der Waals surface area contributed by atoms with Gasteiger partial charge < -0.3 is 18.6 Å².